The van der Waals surface area contributed by atoms with Crippen LogP contribution in [0.1, 0.15) is 32.8 Å². The number of benzene rings is 2. The lowest BCUT2D eigenvalue weighted by Gasteiger charge is -2.36. The van der Waals surface area contributed by atoms with E-state index >= 15 is 0 Å². The Morgan fingerprint density at radius 3 is 2.32 bits per heavy atom. The Morgan fingerprint density at radius 2 is 1.71 bits per heavy atom. The van der Waals surface area contributed by atoms with E-state index in [0.717, 1.165) is 28.6 Å². The molecule has 0 unspecified atom stereocenters. The number of alkyl halides is 3. The largest absolute Gasteiger partial charge is 0.486 e. The maximum atomic E-state index is 13.6. The number of sulfonamides is 1. The Labute approximate surface area is 236 Å². The number of anilines is 1. The van der Waals surface area contributed by atoms with E-state index in [1.165, 1.54) is 18.2 Å². The van der Waals surface area contributed by atoms with E-state index < -0.39 is 55.9 Å². The number of ether oxygens (including phenoxy) is 3. The van der Waals surface area contributed by atoms with Gasteiger partial charge in [-0.1, -0.05) is 6.07 Å². The fourth-order valence-corrected chi connectivity index (χ4v) is 6.56. The van der Waals surface area contributed by atoms with Crippen molar-refractivity contribution in [3.05, 3.63) is 53.8 Å². The van der Waals surface area contributed by atoms with Gasteiger partial charge in [0.15, 0.2) is 9.84 Å². The maximum Gasteiger partial charge on any atom is 0.427 e. The second-order valence-corrected chi connectivity index (χ2v) is 14.0. The monoisotopic (exact) mass is 625 g/mol. The van der Waals surface area contributed by atoms with Gasteiger partial charge in [-0.3, -0.25) is 9.10 Å². The standard InChI is InChI=1S/C26H31F4NO8S2/c1-4-37-12-14-40(33,34)13-11-20-17-31(41(35,36)21-8-6-19(27)7-9-21)22-15-18(5-10-23(22)38-20)16-24(32)39-25(2,3)26(28,29)30/h5-10,15,20H,4,11-14,16-17H2,1-3H3/t20-/m0/s1. The highest BCUT2D eigenvalue weighted by atomic mass is 32.2. The van der Waals surface area contributed by atoms with Crippen LogP contribution < -0.4 is 9.04 Å². The van der Waals surface area contributed by atoms with Gasteiger partial charge in [0.1, 0.15) is 17.7 Å². The van der Waals surface area contributed by atoms with E-state index in [2.05, 4.69) is 4.74 Å². The number of hydrogen-bond donors (Lipinski definition) is 0. The first-order valence-corrected chi connectivity index (χ1v) is 15.9. The van der Waals surface area contributed by atoms with Crippen molar-refractivity contribution in [1.29, 1.82) is 0 Å². The summed E-state index contributed by atoms with van der Waals surface area (Å²) in [6.07, 6.45) is -6.34. The molecule has 0 N–H and O–H groups in total. The number of esters is 1. The van der Waals surface area contributed by atoms with Crippen molar-refractivity contribution in [2.24, 2.45) is 0 Å². The van der Waals surface area contributed by atoms with Gasteiger partial charge in [-0.15, -0.1) is 0 Å². The van der Waals surface area contributed by atoms with Crippen molar-refractivity contribution in [3.8, 4) is 5.75 Å². The number of hydrogen-bond acceptors (Lipinski definition) is 8. The van der Waals surface area contributed by atoms with Crippen molar-refractivity contribution in [2.45, 2.75) is 56.4 Å². The highest BCUT2D eigenvalue weighted by molar-refractivity contribution is 7.93. The Morgan fingerprint density at radius 1 is 1.05 bits per heavy atom. The molecule has 0 amide bonds. The molecule has 1 aliphatic heterocycles. The van der Waals surface area contributed by atoms with Crippen molar-refractivity contribution >= 4 is 31.5 Å². The minimum Gasteiger partial charge on any atom is -0.486 e. The Hall–Kier alpha value is -2.91. The minimum atomic E-state index is -4.81. The van der Waals surface area contributed by atoms with Gasteiger partial charge in [0, 0.05) is 6.61 Å². The summed E-state index contributed by atoms with van der Waals surface area (Å²) in [5, 5.41) is 0. The van der Waals surface area contributed by atoms with E-state index in [-0.39, 0.29) is 53.0 Å². The van der Waals surface area contributed by atoms with E-state index in [1.54, 1.807) is 6.92 Å². The molecule has 3 rings (SSSR count). The van der Waals surface area contributed by atoms with E-state index in [0.29, 0.717) is 20.5 Å². The Balaban J connectivity index is 1.90. The number of fused-ring (bicyclic) bond motifs is 1. The SMILES string of the molecule is CCOCCS(=O)(=O)CC[C@H]1CN(S(=O)(=O)c2ccc(F)cc2)c2cc(CC(=O)OC(C)(C)C(F)(F)F)ccc2O1. The van der Waals surface area contributed by atoms with Crippen LogP contribution >= 0.6 is 0 Å². The van der Waals surface area contributed by atoms with Crippen molar-refractivity contribution in [1.82, 2.24) is 0 Å². The van der Waals surface area contributed by atoms with E-state index in [4.69, 9.17) is 9.47 Å². The molecular formula is C26H31F4NO8S2. The molecule has 2 aromatic carbocycles. The third-order valence-electron chi connectivity index (χ3n) is 6.25. The second kappa shape index (κ2) is 12.5. The summed E-state index contributed by atoms with van der Waals surface area (Å²) < 4.78 is 122. The average Bonchev–Trinajstić information content (AvgIpc) is 2.86. The lowest BCUT2D eigenvalue weighted by atomic mass is 10.1. The molecule has 0 saturated heterocycles. The van der Waals surface area contributed by atoms with Gasteiger partial charge in [-0.2, -0.15) is 13.2 Å². The van der Waals surface area contributed by atoms with Crippen LogP contribution in [0.2, 0.25) is 0 Å². The fraction of sp³-hybridized carbons (Fsp3) is 0.500. The smallest absolute Gasteiger partial charge is 0.427 e. The zero-order chi connectivity index (χ0) is 30.6. The lowest BCUT2D eigenvalue weighted by molar-refractivity contribution is -0.257. The summed E-state index contributed by atoms with van der Waals surface area (Å²) in [6, 6.07) is 8.03. The predicted molar refractivity (Wildman–Crippen MR) is 141 cm³/mol. The maximum absolute atomic E-state index is 13.6. The van der Waals surface area contributed by atoms with Gasteiger partial charge in [0.2, 0.25) is 5.60 Å². The number of sulfone groups is 1. The molecule has 1 atom stereocenters. The molecule has 15 heteroatoms. The van der Waals surface area contributed by atoms with E-state index in [9.17, 15) is 39.2 Å². The fourth-order valence-electron chi connectivity index (χ4n) is 3.87. The van der Waals surface area contributed by atoms with Crippen LogP contribution in [0.4, 0.5) is 23.2 Å². The first-order chi connectivity index (χ1) is 18.9. The third kappa shape index (κ3) is 8.32. The molecule has 0 aromatic heterocycles. The van der Waals surface area contributed by atoms with Crippen LogP contribution in [-0.4, -0.2) is 72.0 Å². The van der Waals surface area contributed by atoms with Gasteiger partial charge in [0.05, 0.1) is 41.7 Å². The normalized spacial score (nSPS) is 16.2. The minimum absolute atomic E-state index is 0.0175. The van der Waals surface area contributed by atoms with Crippen LogP contribution in [0.3, 0.4) is 0 Å². The highest BCUT2D eigenvalue weighted by Gasteiger charge is 2.50. The summed E-state index contributed by atoms with van der Waals surface area (Å²) in [5.74, 6) is -2.32. The number of carbonyl (C=O) groups excluding carboxylic acids is 1. The van der Waals surface area contributed by atoms with Gasteiger partial charge >= 0.3 is 12.1 Å². The predicted octanol–water partition coefficient (Wildman–Crippen LogP) is 4.05. The molecule has 0 saturated carbocycles. The Bertz CT molecular complexity index is 1440. The summed E-state index contributed by atoms with van der Waals surface area (Å²) in [6.45, 7) is 3.20. The van der Waals surface area contributed by atoms with Crippen molar-refractivity contribution in [2.75, 3.05) is 35.6 Å². The van der Waals surface area contributed by atoms with Gasteiger partial charge in [-0.05, 0) is 69.2 Å². The highest BCUT2D eigenvalue weighted by Crippen LogP contribution is 2.39. The number of halogens is 4. The molecule has 2 aromatic rings. The zero-order valence-corrected chi connectivity index (χ0v) is 24.2. The summed E-state index contributed by atoms with van der Waals surface area (Å²) in [4.78, 5) is 12.1. The molecule has 0 radical (unpaired) electrons. The van der Waals surface area contributed by atoms with Crippen molar-refractivity contribution < 1.29 is 53.4 Å². The molecule has 0 fully saturated rings. The first-order valence-electron chi connectivity index (χ1n) is 12.6. The molecule has 228 valence electrons. The summed E-state index contributed by atoms with van der Waals surface area (Å²) >= 11 is 0. The lowest BCUT2D eigenvalue weighted by Crippen LogP contribution is -2.44. The molecular weight excluding hydrogens is 594 g/mol. The molecule has 41 heavy (non-hydrogen) atoms. The first kappa shape index (κ1) is 32.6. The van der Waals surface area contributed by atoms with Gasteiger partial charge in [0.25, 0.3) is 10.0 Å². The second-order valence-electron chi connectivity index (χ2n) is 9.83. The van der Waals surface area contributed by atoms with Crippen LogP contribution in [0, 0.1) is 5.82 Å². The molecule has 1 aliphatic rings. The molecule has 0 bridgehead atoms. The van der Waals surface area contributed by atoms with E-state index in [1.807, 2.05) is 0 Å². The molecule has 9 nitrogen and oxygen atoms in total. The molecule has 0 aliphatic carbocycles. The zero-order valence-electron chi connectivity index (χ0n) is 22.6. The number of nitrogens with zero attached hydrogens (tertiary/aromatic N) is 1. The quantitative estimate of drug-likeness (QED) is 0.197. The summed E-state index contributed by atoms with van der Waals surface area (Å²) in [5.41, 5.74) is -2.62. The van der Waals surface area contributed by atoms with Gasteiger partial charge in [-0.25, -0.2) is 21.2 Å². The summed E-state index contributed by atoms with van der Waals surface area (Å²) in [7, 11) is -7.87. The number of carbonyl (C=O) groups is 1. The topological polar surface area (TPSA) is 116 Å². The third-order valence-corrected chi connectivity index (χ3v) is 9.69. The Kier molecular flexibility index (Phi) is 9.96. The van der Waals surface area contributed by atoms with Gasteiger partial charge < -0.3 is 14.2 Å². The molecule has 0 spiro atoms. The van der Waals surface area contributed by atoms with Crippen LogP contribution in [0.25, 0.3) is 0 Å². The molecule has 1 heterocycles. The van der Waals surface area contributed by atoms with Crippen molar-refractivity contribution in [3.63, 3.8) is 0 Å². The number of rotatable bonds is 12. The average molecular weight is 626 g/mol. The van der Waals surface area contributed by atoms with Crippen LogP contribution in [0.15, 0.2) is 47.4 Å². The van der Waals surface area contributed by atoms with Crippen LogP contribution in [-0.2, 0) is 40.5 Å². The van der Waals surface area contributed by atoms with Crippen LogP contribution in [0.5, 0.6) is 5.75 Å².